The quantitative estimate of drug-likeness (QED) is 0.699. The Labute approximate surface area is 104 Å². The van der Waals surface area contributed by atoms with Crippen molar-refractivity contribution in [1.29, 1.82) is 0 Å². The molecular weight excluding hydrogens is 214 g/mol. The second-order valence-corrected chi connectivity index (χ2v) is 8.10. The van der Waals surface area contributed by atoms with Gasteiger partial charge in [0.05, 0.1) is 0 Å². The van der Waals surface area contributed by atoms with E-state index in [1.807, 2.05) is 0 Å². The fourth-order valence-electron chi connectivity index (χ4n) is 1.90. The van der Waals surface area contributed by atoms with Crippen LogP contribution >= 0.6 is 0 Å². The van der Waals surface area contributed by atoms with E-state index in [1.54, 1.807) is 0 Å². The molecule has 0 bridgehead atoms. The molecule has 4 heteroatoms. The normalized spacial score (nSPS) is 13.5. The van der Waals surface area contributed by atoms with E-state index in [9.17, 15) is 0 Å². The molecule has 0 aliphatic rings. The average Bonchev–Trinajstić information content (AvgIpc) is 1.99. The third kappa shape index (κ3) is 5.99. The van der Waals surface area contributed by atoms with Crippen molar-refractivity contribution in [2.24, 2.45) is 0 Å². The van der Waals surface area contributed by atoms with Crippen molar-refractivity contribution in [3.8, 4) is 0 Å². The first-order valence-electron chi connectivity index (χ1n) is 6.47. The summed E-state index contributed by atoms with van der Waals surface area (Å²) in [6.45, 7) is 19.1. The summed E-state index contributed by atoms with van der Waals surface area (Å²) in [5.41, 5.74) is 0.232. The van der Waals surface area contributed by atoms with Crippen LogP contribution in [0.5, 0.6) is 0 Å². The van der Waals surface area contributed by atoms with Crippen LogP contribution in [0.1, 0.15) is 55.4 Å². The van der Waals surface area contributed by atoms with Crippen LogP contribution in [-0.4, -0.2) is 38.0 Å². The third-order valence-electron chi connectivity index (χ3n) is 2.50. The fourth-order valence-corrected chi connectivity index (χ4v) is 4.76. The molecule has 16 heavy (non-hydrogen) atoms. The largest absolute Gasteiger partial charge is 0.313 e. The summed E-state index contributed by atoms with van der Waals surface area (Å²) >= 11 is 0. The van der Waals surface area contributed by atoms with E-state index < -0.39 is 9.28 Å². The average molecular weight is 245 g/mol. The molecule has 0 amide bonds. The molecule has 0 aromatic rings. The minimum absolute atomic E-state index is 0.232. The Balaban J connectivity index is 4.69. The van der Waals surface area contributed by atoms with Crippen LogP contribution in [0.3, 0.4) is 0 Å². The molecule has 0 saturated heterocycles. The number of nitrogens with zero attached hydrogens (tertiary/aromatic N) is 1. The van der Waals surface area contributed by atoms with Crippen molar-refractivity contribution in [1.82, 2.24) is 14.5 Å². The van der Waals surface area contributed by atoms with Gasteiger partial charge in [-0.25, -0.2) is 0 Å². The van der Waals surface area contributed by atoms with Gasteiger partial charge in [0.15, 0.2) is 0 Å². The third-order valence-corrected chi connectivity index (χ3v) is 6.22. The Bertz CT molecular complexity index is 177. The highest BCUT2D eigenvalue weighted by Gasteiger charge is 2.29. The van der Waals surface area contributed by atoms with Crippen LogP contribution in [0, 0.1) is 0 Å². The maximum Gasteiger partial charge on any atom is 0.268 e. The second-order valence-electron chi connectivity index (χ2n) is 6.00. The summed E-state index contributed by atoms with van der Waals surface area (Å²) in [6, 6.07) is 1.08. The molecule has 0 radical (unpaired) electrons. The predicted molar refractivity (Wildman–Crippen MR) is 75.8 cm³/mol. The van der Waals surface area contributed by atoms with Gasteiger partial charge < -0.3 is 9.96 Å². The zero-order valence-corrected chi connectivity index (χ0v) is 13.5. The van der Waals surface area contributed by atoms with E-state index in [4.69, 9.17) is 0 Å². The predicted octanol–water partition coefficient (Wildman–Crippen LogP) is 1.82. The number of hydrogen-bond donors (Lipinski definition) is 2. The number of hydrogen-bond acceptors (Lipinski definition) is 3. The first kappa shape index (κ1) is 16.1. The van der Waals surface area contributed by atoms with Crippen LogP contribution in [0.2, 0.25) is 0 Å². The molecule has 0 heterocycles. The second kappa shape index (κ2) is 6.74. The first-order chi connectivity index (χ1) is 7.18. The topological polar surface area (TPSA) is 27.3 Å². The minimum Gasteiger partial charge on any atom is -0.313 e. The zero-order chi connectivity index (χ0) is 12.9. The molecule has 2 N–H and O–H groups in total. The van der Waals surface area contributed by atoms with E-state index in [1.165, 1.54) is 0 Å². The Morgan fingerprint density at radius 1 is 1.00 bits per heavy atom. The standard InChI is InChI=1S/C12H31N3Si/c1-9-15(12(6,7)8)16(13-10(2)3)14-11(4)5/h10-11,13-14,16H,9H2,1-8H3. The number of nitrogens with one attached hydrogen (secondary N) is 2. The summed E-state index contributed by atoms with van der Waals surface area (Å²) in [5, 5.41) is 0. The van der Waals surface area contributed by atoms with Gasteiger partial charge in [0.1, 0.15) is 0 Å². The zero-order valence-electron chi connectivity index (χ0n) is 12.4. The van der Waals surface area contributed by atoms with Gasteiger partial charge in [0, 0.05) is 5.54 Å². The van der Waals surface area contributed by atoms with Crippen LogP contribution in [0.15, 0.2) is 0 Å². The van der Waals surface area contributed by atoms with Gasteiger partial charge in [-0.2, -0.15) is 0 Å². The van der Waals surface area contributed by atoms with Gasteiger partial charge in [0.25, 0.3) is 9.28 Å². The first-order valence-corrected chi connectivity index (χ1v) is 8.14. The maximum absolute atomic E-state index is 3.72. The van der Waals surface area contributed by atoms with E-state index >= 15 is 0 Å². The Kier molecular flexibility index (Phi) is 6.78. The van der Waals surface area contributed by atoms with Crippen molar-refractivity contribution in [3.63, 3.8) is 0 Å². The van der Waals surface area contributed by atoms with Crippen LogP contribution < -0.4 is 9.96 Å². The van der Waals surface area contributed by atoms with Crippen molar-refractivity contribution >= 4 is 9.28 Å². The van der Waals surface area contributed by atoms with Crippen molar-refractivity contribution in [2.45, 2.75) is 73.0 Å². The molecule has 0 aliphatic carbocycles. The van der Waals surface area contributed by atoms with Gasteiger partial charge in [0.2, 0.25) is 0 Å². The minimum atomic E-state index is -1.26. The Morgan fingerprint density at radius 3 is 1.56 bits per heavy atom. The maximum atomic E-state index is 3.72. The van der Waals surface area contributed by atoms with Gasteiger partial charge in [-0.1, -0.05) is 34.6 Å². The summed E-state index contributed by atoms with van der Waals surface area (Å²) in [6.07, 6.45) is 0. The van der Waals surface area contributed by atoms with E-state index in [2.05, 4.69) is 69.9 Å². The summed E-state index contributed by atoms with van der Waals surface area (Å²) < 4.78 is 2.59. The molecule has 0 fully saturated rings. The molecule has 0 aliphatic heterocycles. The molecule has 0 atom stereocenters. The smallest absolute Gasteiger partial charge is 0.268 e. The molecule has 3 nitrogen and oxygen atoms in total. The fraction of sp³-hybridized carbons (Fsp3) is 1.00. The van der Waals surface area contributed by atoms with Gasteiger partial charge >= 0.3 is 0 Å². The number of rotatable bonds is 6. The van der Waals surface area contributed by atoms with Crippen LogP contribution in [-0.2, 0) is 0 Å². The molecule has 0 spiro atoms. The highest BCUT2D eigenvalue weighted by atomic mass is 28.3. The van der Waals surface area contributed by atoms with E-state index in [0.29, 0.717) is 12.1 Å². The molecule has 0 rings (SSSR count). The van der Waals surface area contributed by atoms with E-state index in [-0.39, 0.29) is 5.54 Å². The summed E-state index contributed by atoms with van der Waals surface area (Å²) in [5.74, 6) is 0. The lowest BCUT2D eigenvalue weighted by Gasteiger charge is -2.42. The molecule has 0 aromatic heterocycles. The van der Waals surface area contributed by atoms with Gasteiger partial charge in [-0.3, -0.25) is 4.57 Å². The Morgan fingerprint density at radius 2 is 1.38 bits per heavy atom. The summed E-state index contributed by atoms with van der Waals surface area (Å²) in [7, 11) is -1.26. The molecule has 98 valence electrons. The highest BCUT2D eigenvalue weighted by molar-refractivity contribution is 6.50. The SMILES string of the molecule is CCN([SiH](NC(C)C)NC(C)C)C(C)(C)C. The van der Waals surface area contributed by atoms with E-state index in [0.717, 1.165) is 6.54 Å². The van der Waals surface area contributed by atoms with Crippen LogP contribution in [0.4, 0.5) is 0 Å². The van der Waals surface area contributed by atoms with Gasteiger partial charge in [-0.15, -0.1) is 0 Å². The Hall–Kier alpha value is 0.0969. The monoisotopic (exact) mass is 245 g/mol. The van der Waals surface area contributed by atoms with Crippen molar-refractivity contribution in [3.05, 3.63) is 0 Å². The lowest BCUT2D eigenvalue weighted by molar-refractivity contribution is 0.244. The molecule has 0 unspecified atom stereocenters. The van der Waals surface area contributed by atoms with Gasteiger partial charge in [-0.05, 0) is 39.4 Å². The summed E-state index contributed by atoms with van der Waals surface area (Å²) in [4.78, 5) is 7.44. The van der Waals surface area contributed by atoms with Crippen molar-refractivity contribution < 1.29 is 0 Å². The van der Waals surface area contributed by atoms with Crippen molar-refractivity contribution in [2.75, 3.05) is 6.54 Å². The molecular formula is C12H31N3Si. The lowest BCUT2D eigenvalue weighted by atomic mass is 10.1. The van der Waals surface area contributed by atoms with Crippen LogP contribution in [0.25, 0.3) is 0 Å². The highest BCUT2D eigenvalue weighted by Crippen LogP contribution is 2.13. The molecule has 0 aromatic carbocycles. The lowest BCUT2D eigenvalue weighted by Crippen LogP contribution is -2.67. The molecule has 0 saturated carbocycles.